The molecule has 2 aromatic heterocycles. The molecule has 0 spiro atoms. The van der Waals surface area contributed by atoms with Gasteiger partial charge in [-0.3, -0.25) is 9.59 Å². The SMILES string of the molecule is CC1(C)CCC[C@](C)(C2CC[C@]3(C)[C@@H]2[C@H](O)C[C@H]2[C@@]4(C)CC[C@H](OC(=O)CSc5nc(-c6c[nH]c7ccccc67)c(C#N)c(=O)[nH]5)C(C)(C)[C@@H]4CC[C@]23C)O1. The number of thioether (sulfide) groups is 1. The lowest BCUT2D eigenvalue weighted by Gasteiger charge is -2.70. The van der Waals surface area contributed by atoms with Gasteiger partial charge in [-0.1, -0.05) is 64.6 Å². The lowest BCUT2D eigenvalue weighted by molar-refractivity contribution is -0.258. The first-order chi connectivity index (χ1) is 25.9. The van der Waals surface area contributed by atoms with Crippen molar-refractivity contribution >= 4 is 28.6 Å². The van der Waals surface area contributed by atoms with Crippen molar-refractivity contribution in [2.24, 2.45) is 45.3 Å². The number of benzene rings is 1. The smallest absolute Gasteiger partial charge is 0.316 e. The second-order valence-electron chi connectivity index (χ2n) is 20.1. The third kappa shape index (κ3) is 5.95. The second-order valence-corrected chi connectivity index (χ2v) is 21.0. The summed E-state index contributed by atoms with van der Waals surface area (Å²) in [6.45, 7) is 19.0. The molecule has 0 bridgehead atoms. The molecule has 3 aromatic rings. The Bertz CT molecular complexity index is 2100. The minimum absolute atomic E-state index is 0.00963. The Morgan fingerprint density at radius 1 is 1.00 bits per heavy atom. The summed E-state index contributed by atoms with van der Waals surface area (Å²) in [5.41, 5.74) is 0.789. The van der Waals surface area contributed by atoms with Crippen LogP contribution in [-0.2, 0) is 14.3 Å². The number of fused-ring (bicyclic) bond motifs is 6. The van der Waals surface area contributed by atoms with E-state index < -0.39 is 5.56 Å². The lowest BCUT2D eigenvalue weighted by Crippen LogP contribution is -2.67. The van der Waals surface area contributed by atoms with E-state index in [1.807, 2.05) is 30.3 Å². The monoisotopic (exact) mass is 768 g/mol. The molecule has 0 amide bonds. The Labute approximate surface area is 330 Å². The van der Waals surface area contributed by atoms with Crippen molar-refractivity contribution in [3.63, 3.8) is 0 Å². The molecule has 55 heavy (non-hydrogen) atoms. The number of para-hydroxylation sites is 1. The van der Waals surface area contributed by atoms with Crippen molar-refractivity contribution in [2.45, 2.75) is 148 Å². The molecule has 0 radical (unpaired) electrons. The minimum atomic E-state index is -0.535. The van der Waals surface area contributed by atoms with Gasteiger partial charge in [0.15, 0.2) is 5.16 Å². The van der Waals surface area contributed by atoms with E-state index in [0.29, 0.717) is 23.3 Å². The van der Waals surface area contributed by atoms with Crippen LogP contribution in [0.3, 0.4) is 0 Å². The summed E-state index contributed by atoms with van der Waals surface area (Å²) >= 11 is 1.12. The Morgan fingerprint density at radius 2 is 1.75 bits per heavy atom. The van der Waals surface area contributed by atoms with Crippen molar-refractivity contribution in [1.29, 1.82) is 5.26 Å². The maximum absolute atomic E-state index is 13.6. The number of hydrogen-bond donors (Lipinski definition) is 3. The van der Waals surface area contributed by atoms with Crippen molar-refractivity contribution in [2.75, 3.05) is 5.75 Å². The average molecular weight is 769 g/mol. The number of aromatic amines is 2. The molecule has 1 aliphatic heterocycles. The quantitative estimate of drug-likeness (QED) is 0.128. The summed E-state index contributed by atoms with van der Waals surface area (Å²) in [4.78, 5) is 37.1. The van der Waals surface area contributed by atoms with Gasteiger partial charge in [0.2, 0.25) is 0 Å². The molecule has 1 aromatic carbocycles. The number of esters is 1. The number of carbonyl (C=O) groups excluding carboxylic acids is 1. The van der Waals surface area contributed by atoms with Gasteiger partial charge in [-0.2, -0.15) is 5.26 Å². The Balaban J connectivity index is 0.975. The number of aromatic nitrogens is 3. The van der Waals surface area contributed by atoms with Crippen LogP contribution in [0.2, 0.25) is 0 Å². The molecule has 1 unspecified atom stereocenters. The van der Waals surface area contributed by atoms with Crippen LogP contribution in [0.25, 0.3) is 22.2 Å². The zero-order valence-corrected chi connectivity index (χ0v) is 34.8. The average Bonchev–Trinajstić information content (AvgIpc) is 3.72. The number of aliphatic hydroxyl groups is 1. The number of nitrogens with one attached hydrogen (secondary N) is 2. The summed E-state index contributed by atoms with van der Waals surface area (Å²) < 4.78 is 13.3. The van der Waals surface area contributed by atoms with Crippen LogP contribution in [0, 0.1) is 56.7 Å². The van der Waals surface area contributed by atoms with Crippen LogP contribution in [0.1, 0.15) is 125 Å². The number of hydrogen-bond acceptors (Lipinski definition) is 8. The number of H-pyrrole nitrogens is 2. The molecule has 9 nitrogen and oxygen atoms in total. The molecule has 3 N–H and O–H groups in total. The van der Waals surface area contributed by atoms with Crippen LogP contribution in [-0.4, -0.2) is 55.2 Å². The van der Waals surface area contributed by atoms with E-state index in [1.54, 1.807) is 6.20 Å². The van der Waals surface area contributed by atoms with E-state index >= 15 is 0 Å². The lowest BCUT2D eigenvalue weighted by atomic mass is 9.35. The first-order valence-corrected chi connectivity index (χ1v) is 21.7. The molecule has 5 aliphatic rings. The molecular formula is C45H60N4O5S. The third-order valence-corrected chi connectivity index (χ3v) is 17.4. The summed E-state index contributed by atoms with van der Waals surface area (Å²) in [5.74, 6) is 0.964. The van der Waals surface area contributed by atoms with Crippen LogP contribution in [0.4, 0.5) is 0 Å². The van der Waals surface area contributed by atoms with Gasteiger partial charge in [0.05, 0.1) is 28.8 Å². The van der Waals surface area contributed by atoms with Crippen LogP contribution in [0.15, 0.2) is 40.4 Å². The Kier molecular flexibility index (Phi) is 9.30. The van der Waals surface area contributed by atoms with E-state index in [-0.39, 0.29) is 79.1 Å². The number of ether oxygens (including phenoxy) is 2. The molecule has 8 rings (SSSR count). The highest BCUT2D eigenvalue weighted by Crippen LogP contribution is 2.76. The fourth-order valence-corrected chi connectivity index (χ4v) is 14.5. The number of aliphatic hydroxyl groups excluding tert-OH is 1. The van der Waals surface area contributed by atoms with Crippen LogP contribution in [0.5, 0.6) is 0 Å². The first-order valence-electron chi connectivity index (χ1n) is 20.7. The van der Waals surface area contributed by atoms with E-state index in [2.05, 4.69) is 70.3 Å². The fraction of sp³-hybridized carbons (Fsp3) is 0.689. The van der Waals surface area contributed by atoms with Crippen molar-refractivity contribution in [3.8, 4) is 17.3 Å². The molecule has 296 valence electrons. The third-order valence-electron chi connectivity index (χ3n) is 16.5. The van der Waals surface area contributed by atoms with Gasteiger partial charge in [-0.25, -0.2) is 4.98 Å². The summed E-state index contributed by atoms with van der Waals surface area (Å²) in [5, 5.41) is 23.2. The fourth-order valence-electron chi connectivity index (χ4n) is 13.9. The maximum Gasteiger partial charge on any atom is 0.316 e. The molecule has 1 saturated heterocycles. The zero-order chi connectivity index (χ0) is 39.3. The number of carbonyl (C=O) groups is 1. The standard InChI is InChI=1S/C45H60N4O5S/c1-40(2)17-11-18-45(8,54-40)29-14-20-44(7)36(29)31(50)22-33-42(5)19-16-34(41(3,4)32(42)15-21-43(33,44)6)53-35(51)25-55-39-48-37(27(23-46)38(52)49-39)28-24-47-30-13-10-9-12-26(28)30/h9-10,12-13,24,29,31-34,36,47,50H,11,14-22,25H2,1-8H3,(H,48,49,52)/t29?,31-,32+,33+,34+,36+,42+,43-,44-,45-/m1/s1. The summed E-state index contributed by atoms with van der Waals surface area (Å²) in [6.07, 6.45) is 11.5. The largest absolute Gasteiger partial charge is 0.461 e. The second kappa shape index (κ2) is 13.2. The van der Waals surface area contributed by atoms with E-state index in [0.717, 1.165) is 80.5 Å². The molecular weight excluding hydrogens is 709 g/mol. The highest BCUT2D eigenvalue weighted by atomic mass is 32.2. The van der Waals surface area contributed by atoms with Crippen LogP contribution >= 0.6 is 11.8 Å². The van der Waals surface area contributed by atoms with Gasteiger partial charge in [-0.05, 0) is 131 Å². The highest BCUT2D eigenvalue weighted by molar-refractivity contribution is 7.99. The van der Waals surface area contributed by atoms with Gasteiger partial charge in [-0.15, -0.1) is 0 Å². The number of nitrogens with zero attached hydrogens (tertiary/aromatic N) is 2. The van der Waals surface area contributed by atoms with Gasteiger partial charge in [0.25, 0.3) is 5.56 Å². The molecule has 5 fully saturated rings. The first kappa shape index (κ1) is 38.7. The van der Waals surface area contributed by atoms with Crippen molar-refractivity contribution < 1.29 is 19.4 Å². The van der Waals surface area contributed by atoms with Gasteiger partial charge >= 0.3 is 5.97 Å². The van der Waals surface area contributed by atoms with E-state index in [1.165, 1.54) is 6.42 Å². The van der Waals surface area contributed by atoms with Crippen molar-refractivity contribution in [1.82, 2.24) is 15.0 Å². The molecule has 4 saturated carbocycles. The number of rotatable bonds is 6. The van der Waals surface area contributed by atoms with E-state index in [4.69, 9.17) is 9.47 Å². The zero-order valence-electron chi connectivity index (χ0n) is 34.0. The minimum Gasteiger partial charge on any atom is -0.461 e. The van der Waals surface area contributed by atoms with E-state index in [9.17, 15) is 20.0 Å². The van der Waals surface area contributed by atoms with Gasteiger partial charge in [0, 0.05) is 28.1 Å². The van der Waals surface area contributed by atoms with Crippen molar-refractivity contribution in [3.05, 3.63) is 46.4 Å². The number of nitriles is 1. The summed E-state index contributed by atoms with van der Waals surface area (Å²) in [7, 11) is 0. The van der Waals surface area contributed by atoms with Gasteiger partial charge < -0.3 is 24.5 Å². The highest BCUT2D eigenvalue weighted by Gasteiger charge is 2.72. The molecule has 4 aliphatic carbocycles. The van der Waals surface area contributed by atoms with Gasteiger partial charge in [0.1, 0.15) is 17.7 Å². The topological polar surface area (TPSA) is 141 Å². The Morgan fingerprint density at radius 3 is 2.49 bits per heavy atom. The Hall–Kier alpha value is -3.13. The van der Waals surface area contributed by atoms with Crippen LogP contribution < -0.4 is 5.56 Å². The molecule has 3 heterocycles. The summed E-state index contributed by atoms with van der Waals surface area (Å²) in [6, 6.07) is 9.68. The maximum atomic E-state index is 13.6. The predicted molar refractivity (Wildman–Crippen MR) is 215 cm³/mol. The molecule has 10 atom stereocenters. The predicted octanol–water partition coefficient (Wildman–Crippen LogP) is 9.19. The normalized spacial score (nSPS) is 39.1. The molecule has 10 heteroatoms.